The molecule has 0 aliphatic carbocycles. The Morgan fingerprint density at radius 2 is 2.10 bits per heavy atom. The zero-order valence-electron chi connectivity index (χ0n) is 16.0. The topological polar surface area (TPSA) is 105 Å². The first-order valence-electron chi connectivity index (χ1n) is 8.95. The molecule has 0 bridgehead atoms. The van der Waals surface area contributed by atoms with Crippen molar-refractivity contribution in [2.75, 3.05) is 32.3 Å². The van der Waals surface area contributed by atoms with Crippen LogP contribution in [0.2, 0.25) is 0 Å². The summed E-state index contributed by atoms with van der Waals surface area (Å²) in [5.74, 6) is 1.64. The van der Waals surface area contributed by atoms with Crippen molar-refractivity contribution in [3.63, 3.8) is 0 Å². The van der Waals surface area contributed by atoms with Crippen molar-refractivity contribution >= 4 is 46.7 Å². The van der Waals surface area contributed by atoms with E-state index in [9.17, 15) is 19.5 Å². The maximum absolute atomic E-state index is 12.7. The van der Waals surface area contributed by atoms with Crippen LogP contribution in [0.5, 0.6) is 11.5 Å². The Labute approximate surface area is 177 Å². The highest BCUT2D eigenvalue weighted by molar-refractivity contribution is 8.18. The summed E-state index contributed by atoms with van der Waals surface area (Å²) in [7, 11) is 3.05. The number of ether oxygens (including phenoxy) is 2. The Morgan fingerprint density at radius 3 is 2.76 bits per heavy atom. The summed E-state index contributed by atoms with van der Waals surface area (Å²) in [5.41, 5.74) is 0.614. The third kappa shape index (κ3) is 5.06. The number of aliphatic hydroxyl groups is 1. The second kappa shape index (κ2) is 9.55. The number of amides is 3. The summed E-state index contributed by atoms with van der Waals surface area (Å²) in [4.78, 5) is 38.3. The van der Waals surface area contributed by atoms with E-state index in [2.05, 4.69) is 5.32 Å². The minimum atomic E-state index is -0.568. The minimum absolute atomic E-state index is 0.0122. The zero-order valence-corrected chi connectivity index (χ0v) is 17.7. The van der Waals surface area contributed by atoms with E-state index in [1.807, 2.05) is 0 Å². The average Bonchev–Trinajstić information content (AvgIpc) is 3.22. The van der Waals surface area contributed by atoms with Crippen LogP contribution in [0.4, 0.5) is 4.79 Å². The van der Waals surface area contributed by atoms with E-state index in [0.29, 0.717) is 28.6 Å². The van der Waals surface area contributed by atoms with Gasteiger partial charge in [-0.3, -0.25) is 19.3 Å². The number of nitrogens with one attached hydrogen (secondary N) is 1. The van der Waals surface area contributed by atoms with Gasteiger partial charge in [-0.15, -0.1) is 0 Å². The van der Waals surface area contributed by atoms with Gasteiger partial charge in [0.05, 0.1) is 31.3 Å². The molecule has 0 spiro atoms. The summed E-state index contributed by atoms with van der Waals surface area (Å²) < 4.78 is 10.5. The molecule has 29 heavy (non-hydrogen) atoms. The Bertz CT molecular complexity index is 844. The molecule has 2 heterocycles. The van der Waals surface area contributed by atoms with E-state index in [1.54, 1.807) is 36.0 Å². The van der Waals surface area contributed by atoms with Gasteiger partial charge in [0.15, 0.2) is 0 Å². The van der Waals surface area contributed by atoms with Gasteiger partial charge in [0.2, 0.25) is 5.91 Å². The molecule has 8 nitrogen and oxygen atoms in total. The Balaban J connectivity index is 1.65. The molecule has 2 fully saturated rings. The number of hydrogen-bond donors (Lipinski definition) is 2. The van der Waals surface area contributed by atoms with Crippen LogP contribution in [-0.2, 0) is 9.59 Å². The van der Waals surface area contributed by atoms with Gasteiger partial charge in [-0.05, 0) is 36.0 Å². The zero-order chi connectivity index (χ0) is 21.0. The molecule has 0 unspecified atom stereocenters. The largest absolute Gasteiger partial charge is 0.497 e. The van der Waals surface area contributed by atoms with Gasteiger partial charge < -0.3 is 19.9 Å². The molecular weight excluding hydrogens is 416 g/mol. The lowest BCUT2D eigenvalue weighted by atomic mass is 10.1. The van der Waals surface area contributed by atoms with E-state index >= 15 is 0 Å². The molecule has 0 radical (unpaired) electrons. The van der Waals surface area contributed by atoms with Crippen molar-refractivity contribution in [2.45, 2.75) is 18.6 Å². The minimum Gasteiger partial charge on any atom is -0.497 e. The van der Waals surface area contributed by atoms with Crippen molar-refractivity contribution in [3.8, 4) is 11.5 Å². The molecule has 2 N–H and O–H groups in total. The lowest BCUT2D eigenvalue weighted by molar-refractivity contribution is -0.124. The normalized spacial score (nSPS) is 23.0. The van der Waals surface area contributed by atoms with Gasteiger partial charge in [0, 0.05) is 30.0 Å². The molecule has 10 heteroatoms. The third-order valence-electron chi connectivity index (χ3n) is 4.56. The summed E-state index contributed by atoms with van der Waals surface area (Å²) in [6.45, 7) is -0.0148. The number of methoxy groups -OCH3 is 2. The predicted molar refractivity (Wildman–Crippen MR) is 112 cm³/mol. The van der Waals surface area contributed by atoms with Crippen LogP contribution < -0.4 is 14.8 Å². The molecule has 2 aliphatic rings. The lowest BCUT2D eigenvalue weighted by Crippen LogP contribution is -2.43. The fraction of sp³-hybridized carbons (Fsp3) is 0.421. The number of imide groups is 1. The number of aliphatic hydroxyl groups excluding tert-OH is 1. The monoisotopic (exact) mass is 438 g/mol. The van der Waals surface area contributed by atoms with Crippen LogP contribution in [0.15, 0.2) is 23.1 Å². The second-order valence-corrected chi connectivity index (χ2v) is 8.54. The van der Waals surface area contributed by atoms with Gasteiger partial charge in [-0.25, -0.2) is 0 Å². The molecule has 3 amide bonds. The maximum atomic E-state index is 12.7. The number of carbonyl (C=O) groups excluding carboxylic acids is 3. The summed E-state index contributed by atoms with van der Waals surface area (Å²) in [6, 6.07) is 4.88. The summed E-state index contributed by atoms with van der Waals surface area (Å²) in [6.07, 6.45) is 1.00. The van der Waals surface area contributed by atoms with E-state index in [0.717, 1.165) is 16.7 Å². The number of thioether (sulfide) groups is 2. The standard InChI is InChI=1S/C19H22N2O6S2/c1-26-12-3-4-15(27-2)11(7-12)8-16-18(24)21(19(25)29-16)6-5-17(23)20-13-9-28-10-14(13)22/h3-4,7-8,13-14,22H,5-6,9-10H2,1-2H3,(H,20,23)/t13-,14+/m1/s1. The Hall–Kier alpha value is -2.17. The van der Waals surface area contributed by atoms with Crippen molar-refractivity contribution in [1.82, 2.24) is 10.2 Å². The Morgan fingerprint density at radius 1 is 1.31 bits per heavy atom. The molecule has 1 aromatic rings. The fourth-order valence-electron chi connectivity index (χ4n) is 2.96. The van der Waals surface area contributed by atoms with Gasteiger partial charge >= 0.3 is 0 Å². The van der Waals surface area contributed by atoms with Gasteiger partial charge in [-0.2, -0.15) is 11.8 Å². The molecule has 156 valence electrons. The molecule has 2 saturated heterocycles. The van der Waals surface area contributed by atoms with Crippen LogP contribution >= 0.6 is 23.5 Å². The van der Waals surface area contributed by atoms with Crippen LogP contribution in [0, 0.1) is 0 Å². The quantitative estimate of drug-likeness (QED) is 0.620. The average molecular weight is 439 g/mol. The van der Waals surface area contributed by atoms with E-state index in [4.69, 9.17) is 9.47 Å². The molecule has 2 atom stereocenters. The summed E-state index contributed by atoms with van der Waals surface area (Å²) in [5, 5.41) is 12.1. The molecule has 0 aromatic heterocycles. The van der Waals surface area contributed by atoms with Crippen molar-refractivity contribution in [2.24, 2.45) is 0 Å². The molecule has 3 rings (SSSR count). The van der Waals surface area contributed by atoms with E-state index < -0.39 is 17.3 Å². The van der Waals surface area contributed by atoms with Crippen molar-refractivity contribution in [1.29, 1.82) is 0 Å². The lowest BCUT2D eigenvalue weighted by Gasteiger charge is -2.17. The van der Waals surface area contributed by atoms with Crippen molar-refractivity contribution in [3.05, 3.63) is 28.7 Å². The molecule has 2 aliphatic heterocycles. The van der Waals surface area contributed by atoms with E-state index in [1.165, 1.54) is 14.2 Å². The van der Waals surface area contributed by atoms with Crippen LogP contribution in [0.25, 0.3) is 6.08 Å². The van der Waals surface area contributed by atoms with Crippen molar-refractivity contribution < 1.29 is 29.0 Å². The number of hydrogen-bond acceptors (Lipinski definition) is 8. The number of benzene rings is 1. The van der Waals surface area contributed by atoms with Crippen LogP contribution in [0.3, 0.4) is 0 Å². The third-order valence-corrected chi connectivity index (χ3v) is 6.64. The molecule has 1 aromatic carbocycles. The maximum Gasteiger partial charge on any atom is 0.293 e. The first kappa shape index (κ1) is 21.5. The number of rotatable bonds is 7. The van der Waals surface area contributed by atoms with Crippen LogP contribution in [-0.4, -0.2) is 71.5 Å². The summed E-state index contributed by atoms with van der Waals surface area (Å²) >= 11 is 2.39. The van der Waals surface area contributed by atoms with Gasteiger partial charge in [-0.1, -0.05) is 0 Å². The van der Waals surface area contributed by atoms with E-state index in [-0.39, 0.29) is 29.8 Å². The number of carbonyl (C=O) groups is 3. The van der Waals surface area contributed by atoms with Gasteiger partial charge in [0.25, 0.3) is 11.1 Å². The number of nitrogens with zero attached hydrogens (tertiary/aromatic N) is 1. The first-order chi connectivity index (χ1) is 13.9. The highest BCUT2D eigenvalue weighted by Gasteiger charge is 2.35. The van der Waals surface area contributed by atoms with Gasteiger partial charge in [0.1, 0.15) is 11.5 Å². The Kier molecular flexibility index (Phi) is 7.09. The van der Waals surface area contributed by atoms with Crippen LogP contribution in [0.1, 0.15) is 12.0 Å². The highest BCUT2D eigenvalue weighted by Crippen LogP contribution is 2.35. The predicted octanol–water partition coefficient (Wildman–Crippen LogP) is 1.72. The SMILES string of the molecule is COc1ccc(OC)c(C=C2SC(=O)N(CCC(=O)N[C@@H]3CSC[C@@H]3O)C2=O)c1. The molecule has 0 saturated carbocycles. The first-order valence-corrected chi connectivity index (χ1v) is 10.9. The highest BCUT2D eigenvalue weighted by atomic mass is 32.2. The second-order valence-electron chi connectivity index (χ2n) is 6.47. The fourth-order valence-corrected chi connectivity index (χ4v) is 4.98. The molecular formula is C19H22N2O6S2. The smallest absolute Gasteiger partial charge is 0.293 e.